The molecule has 3 rings (SSSR count). The normalized spacial score (nSPS) is 10.5. The molecule has 5 nitrogen and oxygen atoms in total. The van der Waals surface area contributed by atoms with Crippen LogP contribution in [0.5, 0.6) is 0 Å². The second-order valence-corrected chi connectivity index (χ2v) is 7.05. The van der Waals surface area contributed by atoms with Crippen LogP contribution in [-0.2, 0) is 9.59 Å². The number of amides is 2. The minimum absolute atomic E-state index is 0.0182. The topological polar surface area (TPSA) is 70.2 Å². The van der Waals surface area contributed by atoms with Crippen molar-refractivity contribution in [3.05, 3.63) is 66.7 Å². The summed E-state index contributed by atoms with van der Waals surface area (Å²) in [6, 6.07) is 21.3. The summed E-state index contributed by atoms with van der Waals surface area (Å²) < 4.78 is 0. The van der Waals surface area contributed by atoms with Crippen LogP contribution in [0.25, 0.3) is 10.8 Å². The first-order chi connectivity index (χ1) is 14.1. The van der Waals surface area contributed by atoms with Crippen LogP contribution < -0.4 is 16.0 Å². The van der Waals surface area contributed by atoms with E-state index in [1.165, 1.54) is 0 Å². The smallest absolute Gasteiger partial charge is 0.243 e. The maximum Gasteiger partial charge on any atom is 0.243 e. The van der Waals surface area contributed by atoms with Crippen molar-refractivity contribution in [3.63, 3.8) is 0 Å². The molecule has 29 heavy (non-hydrogen) atoms. The van der Waals surface area contributed by atoms with Crippen molar-refractivity contribution in [1.82, 2.24) is 0 Å². The van der Waals surface area contributed by atoms with Crippen LogP contribution in [0.15, 0.2) is 66.7 Å². The average molecular weight is 389 g/mol. The molecule has 0 aliphatic heterocycles. The summed E-state index contributed by atoms with van der Waals surface area (Å²) in [5.74, 6) is -0.112. The number of fused-ring (bicyclic) bond motifs is 1. The van der Waals surface area contributed by atoms with Crippen LogP contribution in [0.4, 0.5) is 17.1 Å². The van der Waals surface area contributed by atoms with E-state index in [1.54, 1.807) is 0 Å². The first-order valence-electron chi connectivity index (χ1n) is 10.1. The van der Waals surface area contributed by atoms with Crippen LogP contribution in [0.3, 0.4) is 0 Å². The largest absolute Gasteiger partial charge is 0.376 e. The summed E-state index contributed by atoms with van der Waals surface area (Å²) in [4.78, 5) is 24.3. The number of nitrogens with one attached hydrogen (secondary N) is 3. The molecular formula is C24H27N3O2. The van der Waals surface area contributed by atoms with Crippen LogP contribution in [0.2, 0.25) is 0 Å². The number of unbranched alkanes of at least 4 members (excludes halogenated alkanes) is 2. The summed E-state index contributed by atoms with van der Waals surface area (Å²) >= 11 is 0. The molecule has 0 spiro atoms. The summed E-state index contributed by atoms with van der Waals surface area (Å²) in [7, 11) is 0. The van der Waals surface area contributed by atoms with E-state index in [2.05, 4.69) is 22.9 Å². The van der Waals surface area contributed by atoms with Crippen LogP contribution in [0, 0.1) is 0 Å². The van der Waals surface area contributed by atoms with Gasteiger partial charge in [0.2, 0.25) is 11.8 Å². The van der Waals surface area contributed by atoms with Crippen LogP contribution >= 0.6 is 0 Å². The molecule has 0 fully saturated rings. The van der Waals surface area contributed by atoms with Gasteiger partial charge in [-0.05, 0) is 47.5 Å². The Morgan fingerprint density at radius 3 is 2.28 bits per heavy atom. The molecule has 3 aromatic carbocycles. The van der Waals surface area contributed by atoms with Crippen molar-refractivity contribution >= 4 is 39.6 Å². The maximum atomic E-state index is 12.3. The second kappa shape index (κ2) is 10.3. The second-order valence-electron chi connectivity index (χ2n) is 7.05. The van der Waals surface area contributed by atoms with E-state index in [9.17, 15) is 9.59 Å². The third-order valence-electron chi connectivity index (χ3n) is 4.64. The molecule has 0 atom stereocenters. The summed E-state index contributed by atoms with van der Waals surface area (Å²) in [6.45, 7) is 2.25. The van der Waals surface area contributed by atoms with Gasteiger partial charge in [-0.3, -0.25) is 9.59 Å². The molecule has 0 bridgehead atoms. The molecule has 3 aromatic rings. The number of anilines is 3. The predicted octanol–water partition coefficient (Wildman–Crippen LogP) is 5.41. The van der Waals surface area contributed by atoms with Crippen molar-refractivity contribution in [2.75, 3.05) is 22.5 Å². The van der Waals surface area contributed by atoms with Gasteiger partial charge in [0.1, 0.15) is 0 Å². The fraction of sp³-hybridized carbons (Fsp3) is 0.250. The van der Waals surface area contributed by atoms with E-state index in [0.717, 1.165) is 47.1 Å². The number of carbonyl (C=O) groups excluding carboxylic acids is 2. The van der Waals surface area contributed by atoms with Gasteiger partial charge in [0.05, 0.1) is 6.54 Å². The molecular weight excluding hydrogens is 362 g/mol. The Morgan fingerprint density at radius 1 is 0.724 bits per heavy atom. The molecule has 0 unspecified atom stereocenters. The van der Waals surface area contributed by atoms with Crippen molar-refractivity contribution < 1.29 is 9.59 Å². The van der Waals surface area contributed by atoms with Crippen LogP contribution in [0.1, 0.15) is 32.6 Å². The Bertz CT molecular complexity index is 985. The van der Waals surface area contributed by atoms with Crippen LogP contribution in [-0.4, -0.2) is 18.4 Å². The highest BCUT2D eigenvalue weighted by atomic mass is 16.2. The van der Waals surface area contributed by atoms with E-state index >= 15 is 0 Å². The van der Waals surface area contributed by atoms with E-state index in [4.69, 9.17) is 0 Å². The number of hydrogen-bond donors (Lipinski definition) is 3. The zero-order valence-corrected chi connectivity index (χ0v) is 16.7. The molecule has 0 radical (unpaired) electrons. The molecule has 5 heteroatoms. The van der Waals surface area contributed by atoms with E-state index in [1.807, 2.05) is 66.7 Å². The monoisotopic (exact) mass is 389 g/mol. The Balaban J connectivity index is 1.51. The zero-order valence-electron chi connectivity index (χ0n) is 16.7. The minimum atomic E-state index is -0.130. The third kappa shape index (κ3) is 6.35. The molecule has 2 amide bonds. The average Bonchev–Trinajstić information content (AvgIpc) is 2.73. The van der Waals surface area contributed by atoms with Crippen molar-refractivity contribution in [2.24, 2.45) is 0 Å². The Labute approximate surface area is 171 Å². The standard InChI is InChI=1S/C24H27N3O2/c1-2-3-4-12-23(28)26-21-11-7-10-20(16-21)25-17-24(29)27-22-14-13-18-8-5-6-9-19(18)15-22/h5-11,13-16,25H,2-4,12,17H2,1H3,(H,26,28)(H,27,29). The molecule has 150 valence electrons. The van der Waals surface area contributed by atoms with Crippen molar-refractivity contribution in [1.29, 1.82) is 0 Å². The van der Waals surface area contributed by atoms with Gasteiger partial charge in [-0.15, -0.1) is 0 Å². The molecule has 0 aromatic heterocycles. The Hall–Kier alpha value is -3.34. The zero-order chi connectivity index (χ0) is 20.5. The number of carbonyl (C=O) groups is 2. The third-order valence-corrected chi connectivity index (χ3v) is 4.64. The fourth-order valence-corrected chi connectivity index (χ4v) is 3.12. The van der Waals surface area contributed by atoms with E-state index in [0.29, 0.717) is 6.42 Å². The quantitative estimate of drug-likeness (QED) is 0.429. The number of hydrogen-bond acceptors (Lipinski definition) is 3. The molecule has 0 aliphatic carbocycles. The fourth-order valence-electron chi connectivity index (χ4n) is 3.12. The molecule has 3 N–H and O–H groups in total. The van der Waals surface area contributed by atoms with Gasteiger partial charge in [0, 0.05) is 23.5 Å². The molecule has 0 aliphatic rings. The van der Waals surface area contributed by atoms with Gasteiger partial charge in [-0.2, -0.15) is 0 Å². The highest BCUT2D eigenvalue weighted by Gasteiger charge is 2.05. The Kier molecular flexibility index (Phi) is 7.22. The highest BCUT2D eigenvalue weighted by Crippen LogP contribution is 2.19. The summed E-state index contributed by atoms with van der Waals surface area (Å²) in [5.41, 5.74) is 2.28. The first-order valence-corrected chi connectivity index (χ1v) is 10.1. The van der Waals surface area contributed by atoms with Crippen molar-refractivity contribution in [2.45, 2.75) is 32.6 Å². The lowest BCUT2D eigenvalue weighted by molar-refractivity contribution is -0.116. The predicted molar refractivity (Wildman–Crippen MR) is 120 cm³/mol. The van der Waals surface area contributed by atoms with Crippen molar-refractivity contribution in [3.8, 4) is 0 Å². The molecule has 0 saturated carbocycles. The number of rotatable bonds is 9. The van der Waals surface area contributed by atoms with Gasteiger partial charge in [-0.1, -0.05) is 56.2 Å². The lowest BCUT2D eigenvalue weighted by Crippen LogP contribution is -2.21. The molecule has 0 saturated heterocycles. The van der Waals surface area contributed by atoms with Gasteiger partial charge >= 0.3 is 0 Å². The van der Waals surface area contributed by atoms with Gasteiger partial charge in [-0.25, -0.2) is 0 Å². The Morgan fingerprint density at radius 2 is 1.45 bits per heavy atom. The minimum Gasteiger partial charge on any atom is -0.376 e. The summed E-state index contributed by atoms with van der Waals surface area (Å²) in [6.07, 6.45) is 3.57. The van der Waals surface area contributed by atoms with Gasteiger partial charge < -0.3 is 16.0 Å². The van der Waals surface area contributed by atoms with E-state index < -0.39 is 0 Å². The maximum absolute atomic E-state index is 12.3. The lowest BCUT2D eigenvalue weighted by Gasteiger charge is -2.10. The van der Waals surface area contributed by atoms with Gasteiger partial charge in [0.15, 0.2) is 0 Å². The van der Waals surface area contributed by atoms with E-state index in [-0.39, 0.29) is 18.4 Å². The summed E-state index contributed by atoms with van der Waals surface area (Å²) in [5, 5.41) is 11.1. The highest BCUT2D eigenvalue weighted by molar-refractivity contribution is 5.96. The molecule has 0 heterocycles. The SMILES string of the molecule is CCCCCC(=O)Nc1cccc(NCC(=O)Nc2ccc3ccccc3c2)c1. The number of benzene rings is 3. The first kappa shape index (κ1) is 20.4. The van der Waals surface area contributed by atoms with Gasteiger partial charge in [0.25, 0.3) is 0 Å². The lowest BCUT2D eigenvalue weighted by atomic mass is 10.1.